The molecule has 184 valence electrons. The molecule has 8 nitrogen and oxygen atoms in total. The predicted molar refractivity (Wildman–Crippen MR) is 136 cm³/mol. The van der Waals surface area contributed by atoms with Gasteiger partial charge in [-0.15, -0.1) is 0 Å². The molecular weight excluding hydrogens is 450 g/mol. The molecule has 0 saturated carbocycles. The largest absolute Gasteiger partial charge is 0.375 e. The lowest BCUT2D eigenvalue weighted by molar-refractivity contribution is -0.121. The Morgan fingerprint density at radius 2 is 1.79 bits per heavy atom. The minimum atomic E-state index is -3.54. The second-order valence-corrected chi connectivity index (χ2v) is 10.2. The highest BCUT2D eigenvalue weighted by Gasteiger charge is 2.22. The van der Waals surface area contributed by atoms with Gasteiger partial charge in [-0.3, -0.25) is 4.79 Å². The van der Waals surface area contributed by atoms with Crippen molar-refractivity contribution in [1.29, 1.82) is 0 Å². The normalized spacial score (nSPS) is 11.8. The Labute approximate surface area is 202 Å². The van der Waals surface area contributed by atoms with E-state index in [1.165, 1.54) is 4.31 Å². The van der Waals surface area contributed by atoms with Crippen LogP contribution in [0.4, 0.5) is 5.69 Å². The maximum atomic E-state index is 12.8. The van der Waals surface area contributed by atoms with Crippen LogP contribution in [0.3, 0.4) is 0 Å². The maximum Gasteiger partial charge on any atom is 0.243 e. The van der Waals surface area contributed by atoms with Crippen molar-refractivity contribution < 1.29 is 13.2 Å². The van der Waals surface area contributed by atoms with Gasteiger partial charge < -0.3 is 14.8 Å². The zero-order chi connectivity index (χ0) is 24.7. The molecule has 1 heterocycles. The van der Waals surface area contributed by atoms with E-state index in [1.54, 1.807) is 18.2 Å². The number of carbonyl (C=O) groups excluding carboxylic acids is 1. The van der Waals surface area contributed by atoms with E-state index < -0.39 is 10.0 Å². The number of aromatic nitrogens is 2. The van der Waals surface area contributed by atoms with E-state index in [4.69, 9.17) is 0 Å². The molecule has 0 aliphatic rings. The predicted octanol–water partition coefficient (Wildman–Crippen LogP) is 3.18. The van der Waals surface area contributed by atoms with Crippen LogP contribution in [0.2, 0.25) is 0 Å². The first-order valence-corrected chi connectivity index (χ1v) is 13.2. The summed E-state index contributed by atoms with van der Waals surface area (Å²) in [7, 11) is 0.390. The topological polar surface area (TPSA) is 87.5 Å². The van der Waals surface area contributed by atoms with E-state index in [0.29, 0.717) is 38.0 Å². The zero-order valence-corrected chi connectivity index (χ0v) is 21.3. The van der Waals surface area contributed by atoms with E-state index in [-0.39, 0.29) is 10.8 Å². The number of rotatable bonds is 12. The second kappa shape index (κ2) is 11.5. The molecule has 0 bridgehead atoms. The summed E-state index contributed by atoms with van der Waals surface area (Å²) >= 11 is 0. The van der Waals surface area contributed by atoms with Crippen molar-refractivity contribution in [2.75, 3.05) is 38.1 Å². The van der Waals surface area contributed by atoms with Crippen LogP contribution in [0.25, 0.3) is 11.0 Å². The Morgan fingerprint density at radius 1 is 1.09 bits per heavy atom. The first-order valence-electron chi connectivity index (χ1n) is 11.8. The molecular formula is C25H35N5O3S. The lowest BCUT2D eigenvalue weighted by atomic mass is 10.2. The fourth-order valence-electron chi connectivity index (χ4n) is 4.00. The first kappa shape index (κ1) is 25.7. The van der Waals surface area contributed by atoms with E-state index >= 15 is 0 Å². The van der Waals surface area contributed by atoms with Gasteiger partial charge >= 0.3 is 0 Å². The molecule has 1 aromatic heterocycles. The van der Waals surface area contributed by atoms with E-state index in [1.807, 2.05) is 50.7 Å². The third kappa shape index (κ3) is 5.95. The molecule has 1 amide bonds. The number of imidazole rings is 1. The monoisotopic (exact) mass is 485 g/mol. The van der Waals surface area contributed by atoms with Crippen LogP contribution in [0.5, 0.6) is 0 Å². The second-order valence-electron chi connectivity index (χ2n) is 8.29. The number of anilines is 1. The smallest absolute Gasteiger partial charge is 0.243 e. The van der Waals surface area contributed by atoms with Gasteiger partial charge in [0.15, 0.2) is 0 Å². The summed E-state index contributed by atoms with van der Waals surface area (Å²) in [6.45, 7) is 5.96. The lowest BCUT2D eigenvalue weighted by Crippen LogP contribution is -2.30. The summed E-state index contributed by atoms with van der Waals surface area (Å²) in [4.78, 5) is 19.4. The summed E-state index contributed by atoms with van der Waals surface area (Å²) in [6, 6.07) is 15.2. The highest BCUT2D eigenvalue weighted by Crippen LogP contribution is 2.22. The molecule has 1 N–H and O–H groups in total. The van der Waals surface area contributed by atoms with Crippen molar-refractivity contribution in [3.8, 4) is 0 Å². The van der Waals surface area contributed by atoms with Crippen LogP contribution in [0, 0.1) is 0 Å². The molecule has 34 heavy (non-hydrogen) atoms. The van der Waals surface area contributed by atoms with Crippen LogP contribution in [0.1, 0.15) is 32.5 Å². The number of hydrogen-bond donors (Lipinski definition) is 1. The van der Waals surface area contributed by atoms with Gasteiger partial charge in [-0.05, 0) is 36.8 Å². The van der Waals surface area contributed by atoms with Gasteiger partial charge in [-0.2, -0.15) is 4.31 Å². The number of benzene rings is 2. The number of aryl methyl sites for hydroxylation is 2. The van der Waals surface area contributed by atoms with Crippen LogP contribution >= 0.6 is 0 Å². The Balaban J connectivity index is 1.54. The summed E-state index contributed by atoms with van der Waals surface area (Å²) in [5, 5.41) is 2.98. The van der Waals surface area contributed by atoms with Crippen LogP contribution in [-0.2, 0) is 28.3 Å². The van der Waals surface area contributed by atoms with Gasteiger partial charge in [0, 0.05) is 58.8 Å². The molecule has 3 aromatic rings. The average molecular weight is 486 g/mol. The third-order valence-corrected chi connectivity index (χ3v) is 8.10. The van der Waals surface area contributed by atoms with E-state index in [2.05, 4.69) is 27.3 Å². The van der Waals surface area contributed by atoms with Gasteiger partial charge in [0.05, 0.1) is 15.9 Å². The minimum absolute atomic E-state index is 0.0146. The van der Waals surface area contributed by atoms with Crippen molar-refractivity contribution in [2.24, 2.45) is 7.05 Å². The Morgan fingerprint density at radius 3 is 2.47 bits per heavy atom. The number of nitrogens with one attached hydrogen (secondary N) is 1. The van der Waals surface area contributed by atoms with Crippen molar-refractivity contribution in [3.05, 3.63) is 54.4 Å². The Hall–Kier alpha value is -2.91. The summed E-state index contributed by atoms with van der Waals surface area (Å²) in [5.41, 5.74) is 2.62. The number of nitrogens with zero attached hydrogens (tertiary/aromatic N) is 4. The Kier molecular flexibility index (Phi) is 8.68. The number of hydrogen-bond acceptors (Lipinski definition) is 5. The third-order valence-electron chi connectivity index (χ3n) is 6.05. The number of fused-ring (bicyclic) bond motifs is 1. The van der Waals surface area contributed by atoms with Crippen LogP contribution in [0.15, 0.2) is 53.4 Å². The number of carbonyl (C=O) groups is 1. The van der Waals surface area contributed by atoms with Gasteiger partial charge in [0.25, 0.3) is 0 Å². The van der Waals surface area contributed by atoms with E-state index in [9.17, 15) is 13.2 Å². The van der Waals surface area contributed by atoms with E-state index in [0.717, 1.165) is 30.0 Å². The van der Waals surface area contributed by atoms with Crippen molar-refractivity contribution >= 4 is 32.7 Å². The molecule has 0 fully saturated rings. The number of sulfonamides is 1. The number of amides is 1. The lowest BCUT2D eigenvalue weighted by Gasteiger charge is -2.19. The van der Waals surface area contributed by atoms with Crippen LogP contribution < -0.4 is 10.2 Å². The van der Waals surface area contributed by atoms with Gasteiger partial charge in [-0.1, -0.05) is 32.0 Å². The molecule has 0 spiro atoms. The number of para-hydroxylation sites is 1. The fourth-order valence-corrected chi connectivity index (χ4v) is 5.47. The molecule has 0 unspecified atom stereocenters. The van der Waals surface area contributed by atoms with Gasteiger partial charge in [-0.25, -0.2) is 13.4 Å². The summed E-state index contributed by atoms with van der Waals surface area (Å²) < 4.78 is 29.0. The quantitative estimate of drug-likeness (QED) is 0.398. The van der Waals surface area contributed by atoms with Crippen molar-refractivity contribution in [3.63, 3.8) is 0 Å². The summed E-state index contributed by atoms with van der Waals surface area (Å²) in [6.07, 6.45) is 1.67. The summed E-state index contributed by atoms with van der Waals surface area (Å²) in [5.74, 6) is 0.741. The zero-order valence-electron chi connectivity index (χ0n) is 20.5. The van der Waals surface area contributed by atoms with Crippen molar-refractivity contribution in [2.45, 2.75) is 38.0 Å². The average Bonchev–Trinajstić information content (AvgIpc) is 3.16. The Bertz CT molecular complexity index is 1200. The highest BCUT2D eigenvalue weighted by atomic mass is 32.2. The SMILES string of the molecule is CCN(CC)S(=O)(=O)c1ccc2c(c1)nc(CCC(=O)NCCCN(C)c1ccccc1)n2C. The molecule has 0 radical (unpaired) electrons. The molecule has 0 saturated heterocycles. The maximum absolute atomic E-state index is 12.8. The molecule has 2 aromatic carbocycles. The molecule has 0 aliphatic carbocycles. The standard InChI is InChI=1S/C25H35N5O3S/c1-5-30(6-2)34(32,33)21-13-14-23-22(19-21)27-24(29(23)4)15-16-25(31)26-17-10-18-28(3)20-11-8-7-9-12-20/h7-9,11-14,19H,5-6,10,15-18H2,1-4H3,(H,26,31). The first-order chi connectivity index (χ1) is 16.3. The van der Waals surface area contributed by atoms with Crippen molar-refractivity contribution in [1.82, 2.24) is 19.2 Å². The highest BCUT2D eigenvalue weighted by molar-refractivity contribution is 7.89. The molecule has 0 aliphatic heterocycles. The van der Waals surface area contributed by atoms with Gasteiger partial charge in [0.2, 0.25) is 15.9 Å². The minimum Gasteiger partial charge on any atom is -0.375 e. The molecule has 9 heteroatoms. The van der Waals surface area contributed by atoms with Crippen LogP contribution in [-0.4, -0.2) is 61.4 Å². The molecule has 3 rings (SSSR count). The molecule has 0 atom stereocenters. The fraction of sp³-hybridized carbons (Fsp3) is 0.440. The van der Waals surface area contributed by atoms with Gasteiger partial charge in [0.1, 0.15) is 5.82 Å².